The van der Waals surface area contributed by atoms with Gasteiger partial charge in [0, 0.05) is 18.7 Å². The van der Waals surface area contributed by atoms with E-state index in [0.29, 0.717) is 5.92 Å². The minimum absolute atomic E-state index is 0.519. The molecule has 90 valence electrons. The van der Waals surface area contributed by atoms with E-state index in [1.54, 1.807) is 0 Å². The zero-order chi connectivity index (χ0) is 11.8. The van der Waals surface area contributed by atoms with E-state index in [1.807, 2.05) is 0 Å². The zero-order valence-electron chi connectivity index (χ0n) is 10.4. The highest BCUT2D eigenvalue weighted by Gasteiger charge is 2.23. The monoisotopic (exact) mass is 230 g/mol. The Morgan fingerprint density at radius 2 is 2.24 bits per heavy atom. The average molecular weight is 230 g/mol. The van der Waals surface area contributed by atoms with Gasteiger partial charge in [-0.05, 0) is 45.0 Å². The molecule has 0 spiro atoms. The molecule has 4 nitrogen and oxygen atoms in total. The SMILES string of the molecule is Cc1cccn2c(C3CCCN(C)C3)nnc12. The summed E-state index contributed by atoms with van der Waals surface area (Å²) in [6.07, 6.45) is 4.55. The van der Waals surface area contributed by atoms with Gasteiger partial charge in [-0.3, -0.25) is 4.40 Å². The highest BCUT2D eigenvalue weighted by atomic mass is 15.3. The number of rotatable bonds is 1. The number of pyridine rings is 1. The predicted octanol–water partition coefficient (Wildman–Crippen LogP) is 1.85. The summed E-state index contributed by atoms with van der Waals surface area (Å²) in [5.41, 5.74) is 2.19. The van der Waals surface area contributed by atoms with Gasteiger partial charge in [-0.15, -0.1) is 10.2 Å². The van der Waals surface area contributed by atoms with E-state index in [2.05, 4.69) is 51.8 Å². The second kappa shape index (κ2) is 4.11. The van der Waals surface area contributed by atoms with Crippen molar-refractivity contribution in [3.63, 3.8) is 0 Å². The van der Waals surface area contributed by atoms with Crippen LogP contribution in [-0.4, -0.2) is 39.6 Å². The first-order chi connectivity index (χ1) is 8.25. The maximum absolute atomic E-state index is 4.40. The fourth-order valence-corrected chi connectivity index (χ4v) is 2.72. The molecule has 1 saturated heterocycles. The van der Waals surface area contributed by atoms with Crippen LogP contribution in [-0.2, 0) is 0 Å². The number of piperidine rings is 1. The van der Waals surface area contributed by atoms with E-state index >= 15 is 0 Å². The van der Waals surface area contributed by atoms with Crippen molar-refractivity contribution in [2.45, 2.75) is 25.7 Å². The van der Waals surface area contributed by atoms with Crippen molar-refractivity contribution in [3.8, 4) is 0 Å². The Labute approximate surface area is 101 Å². The van der Waals surface area contributed by atoms with Gasteiger partial charge in [0.15, 0.2) is 5.65 Å². The van der Waals surface area contributed by atoms with Crippen LogP contribution in [0.25, 0.3) is 5.65 Å². The van der Waals surface area contributed by atoms with E-state index in [1.165, 1.54) is 24.9 Å². The minimum atomic E-state index is 0.519. The summed E-state index contributed by atoms with van der Waals surface area (Å²) in [4.78, 5) is 2.38. The molecule has 2 aromatic rings. The lowest BCUT2D eigenvalue weighted by Crippen LogP contribution is -2.31. The van der Waals surface area contributed by atoms with E-state index in [9.17, 15) is 0 Å². The van der Waals surface area contributed by atoms with Gasteiger partial charge in [-0.25, -0.2) is 0 Å². The fourth-order valence-electron chi connectivity index (χ4n) is 2.72. The number of likely N-dealkylation sites (tertiary alicyclic amines) is 1. The van der Waals surface area contributed by atoms with Crippen LogP contribution in [0.15, 0.2) is 18.3 Å². The van der Waals surface area contributed by atoms with Gasteiger partial charge in [0.1, 0.15) is 5.82 Å². The Balaban J connectivity index is 2.02. The van der Waals surface area contributed by atoms with E-state index < -0.39 is 0 Å². The molecule has 0 aliphatic carbocycles. The summed E-state index contributed by atoms with van der Waals surface area (Å²) in [7, 11) is 2.18. The maximum Gasteiger partial charge on any atom is 0.163 e. The lowest BCUT2D eigenvalue weighted by molar-refractivity contribution is 0.245. The van der Waals surface area contributed by atoms with E-state index in [-0.39, 0.29) is 0 Å². The standard InChI is InChI=1S/C13H18N4/c1-10-5-3-8-17-12(10)14-15-13(17)11-6-4-7-16(2)9-11/h3,5,8,11H,4,6-7,9H2,1-2H3. The third kappa shape index (κ3) is 1.82. The van der Waals surface area contributed by atoms with Crippen LogP contribution in [0.3, 0.4) is 0 Å². The molecule has 17 heavy (non-hydrogen) atoms. The molecule has 3 rings (SSSR count). The summed E-state index contributed by atoms with van der Waals surface area (Å²) in [6.45, 7) is 4.38. The van der Waals surface area contributed by atoms with Crippen LogP contribution in [0.4, 0.5) is 0 Å². The molecule has 4 heteroatoms. The van der Waals surface area contributed by atoms with E-state index in [4.69, 9.17) is 0 Å². The van der Waals surface area contributed by atoms with Crippen molar-refractivity contribution in [1.29, 1.82) is 0 Å². The second-order valence-corrected chi connectivity index (χ2v) is 5.04. The number of hydrogen-bond acceptors (Lipinski definition) is 3. The first kappa shape index (κ1) is 10.7. The minimum Gasteiger partial charge on any atom is -0.306 e. The van der Waals surface area contributed by atoms with Gasteiger partial charge in [0.05, 0.1) is 0 Å². The zero-order valence-corrected chi connectivity index (χ0v) is 10.4. The van der Waals surface area contributed by atoms with Crippen molar-refractivity contribution >= 4 is 5.65 Å². The summed E-state index contributed by atoms with van der Waals surface area (Å²) < 4.78 is 2.15. The molecule has 1 atom stereocenters. The number of nitrogens with zero attached hydrogens (tertiary/aromatic N) is 4. The third-order valence-electron chi connectivity index (χ3n) is 3.65. The van der Waals surface area contributed by atoms with Gasteiger partial charge in [-0.1, -0.05) is 6.07 Å². The van der Waals surface area contributed by atoms with Crippen LogP contribution >= 0.6 is 0 Å². The largest absolute Gasteiger partial charge is 0.306 e. The van der Waals surface area contributed by atoms with Gasteiger partial charge in [0.25, 0.3) is 0 Å². The average Bonchev–Trinajstić information content (AvgIpc) is 2.74. The number of aromatic nitrogens is 3. The molecule has 0 saturated carbocycles. The topological polar surface area (TPSA) is 33.4 Å². The molecule has 3 heterocycles. The van der Waals surface area contributed by atoms with Crippen LogP contribution in [0.2, 0.25) is 0 Å². The smallest absolute Gasteiger partial charge is 0.163 e. The Bertz CT molecular complexity index is 531. The van der Waals surface area contributed by atoms with Crippen LogP contribution < -0.4 is 0 Å². The molecular weight excluding hydrogens is 212 g/mol. The molecule has 0 bridgehead atoms. The number of hydrogen-bond donors (Lipinski definition) is 0. The second-order valence-electron chi connectivity index (χ2n) is 5.04. The highest BCUT2D eigenvalue weighted by Crippen LogP contribution is 2.25. The Morgan fingerprint density at radius 1 is 1.35 bits per heavy atom. The third-order valence-corrected chi connectivity index (χ3v) is 3.65. The van der Waals surface area contributed by atoms with Crippen LogP contribution in [0.1, 0.15) is 30.1 Å². The molecule has 1 unspecified atom stereocenters. The maximum atomic E-state index is 4.40. The Morgan fingerprint density at radius 3 is 3.06 bits per heavy atom. The predicted molar refractivity (Wildman–Crippen MR) is 67.2 cm³/mol. The van der Waals surface area contributed by atoms with Crippen molar-refractivity contribution in [3.05, 3.63) is 29.7 Å². The Hall–Kier alpha value is -1.42. The van der Waals surface area contributed by atoms with Crippen molar-refractivity contribution in [1.82, 2.24) is 19.5 Å². The van der Waals surface area contributed by atoms with Crippen LogP contribution in [0, 0.1) is 6.92 Å². The molecule has 0 radical (unpaired) electrons. The lowest BCUT2D eigenvalue weighted by atomic mass is 9.98. The molecule has 1 fully saturated rings. The first-order valence-electron chi connectivity index (χ1n) is 6.24. The van der Waals surface area contributed by atoms with Gasteiger partial charge in [-0.2, -0.15) is 0 Å². The highest BCUT2D eigenvalue weighted by molar-refractivity contribution is 5.46. The molecule has 0 N–H and O–H groups in total. The number of fused-ring (bicyclic) bond motifs is 1. The summed E-state index contributed by atoms with van der Waals surface area (Å²) in [5, 5.41) is 8.71. The lowest BCUT2D eigenvalue weighted by Gasteiger charge is -2.28. The van der Waals surface area contributed by atoms with Gasteiger partial charge < -0.3 is 4.90 Å². The molecule has 0 aromatic carbocycles. The van der Waals surface area contributed by atoms with Crippen molar-refractivity contribution < 1.29 is 0 Å². The van der Waals surface area contributed by atoms with Gasteiger partial charge >= 0.3 is 0 Å². The molecule has 0 amide bonds. The quantitative estimate of drug-likeness (QED) is 0.749. The summed E-state index contributed by atoms with van der Waals surface area (Å²) in [5.74, 6) is 1.64. The number of likely N-dealkylation sites (N-methyl/N-ethyl adjacent to an activating group) is 1. The Kier molecular flexibility index (Phi) is 2.59. The summed E-state index contributed by atoms with van der Waals surface area (Å²) >= 11 is 0. The van der Waals surface area contributed by atoms with Crippen molar-refractivity contribution in [2.24, 2.45) is 0 Å². The molecule has 1 aliphatic heterocycles. The number of aryl methyl sites for hydroxylation is 1. The van der Waals surface area contributed by atoms with Crippen molar-refractivity contribution in [2.75, 3.05) is 20.1 Å². The first-order valence-corrected chi connectivity index (χ1v) is 6.24. The van der Waals surface area contributed by atoms with E-state index in [0.717, 1.165) is 18.0 Å². The molecule has 1 aliphatic rings. The molecular formula is C13H18N4. The summed E-state index contributed by atoms with van der Waals surface area (Å²) in [6, 6.07) is 4.16. The fraction of sp³-hybridized carbons (Fsp3) is 0.538. The molecule has 2 aromatic heterocycles. The van der Waals surface area contributed by atoms with Crippen LogP contribution in [0.5, 0.6) is 0 Å². The normalized spacial score (nSPS) is 22.1. The van der Waals surface area contributed by atoms with Gasteiger partial charge in [0.2, 0.25) is 0 Å².